The molecule has 5 heteroatoms. The van der Waals surface area contributed by atoms with Crippen molar-refractivity contribution in [2.75, 3.05) is 7.11 Å². The number of carbonyl (C=O) groups excluding carboxylic acids is 1. The van der Waals surface area contributed by atoms with E-state index in [0.717, 1.165) is 5.56 Å². The third-order valence-electron chi connectivity index (χ3n) is 3.41. The van der Waals surface area contributed by atoms with E-state index in [1.54, 1.807) is 7.11 Å². The molecule has 1 amide bonds. The number of hydrogen-bond acceptors (Lipinski definition) is 3. The molecule has 1 aliphatic carbocycles. The van der Waals surface area contributed by atoms with Crippen molar-refractivity contribution in [3.8, 4) is 5.75 Å². The Morgan fingerprint density at radius 2 is 2.05 bits per heavy atom. The van der Waals surface area contributed by atoms with E-state index >= 15 is 0 Å². The average molecular weight is 263 g/mol. The van der Waals surface area contributed by atoms with Crippen LogP contribution < -0.4 is 10.1 Å². The van der Waals surface area contributed by atoms with Gasteiger partial charge in [0.1, 0.15) is 5.75 Å². The molecule has 1 aromatic rings. The molecule has 0 heterocycles. The number of para-hydroxylation sites is 1. The number of amides is 1. The van der Waals surface area contributed by atoms with Crippen molar-refractivity contribution in [2.45, 2.75) is 19.4 Å². The highest BCUT2D eigenvalue weighted by molar-refractivity contribution is 5.89. The standard InChI is InChI=1S/C14H17NO4/c1-8(9-5-3-4-6-12(9)19-2)15-13(16)10-7-11(10)14(17)18/h3-6,8,10-11H,7H2,1-2H3,(H,15,16)(H,17,18)/t8-,10-,11+/m1/s1. The van der Waals surface area contributed by atoms with Crippen molar-refractivity contribution in [2.24, 2.45) is 11.8 Å². The Morgan fingerprint density at radius 3 is 2.63 bits per heavy atom. The fourth-order valence-electron chi connectivity index (χ4n) is 2.18. The number of carboxylic acid groups (broad SMARTS) is 1. The molecule has 0 bridgehead atoms. The molecule has 2 rings (SSSR count). The number of methoxy groups -OCH3 is 1. The molecule has 1 fully saturated rings. The first-order valence-electron chi connectivity index (χ1n) is 6.20. The van der Waals surface area contributed by atoms with Crippen LogP contribution >= 0.6 is 0 Å². The molecule has 19 heavy (non-hydrogen) atoms. The van der Waals surface area contributed by atoms with Crippen LogP contribution in [0.3, 0.4) is 0 Å². The van der Waals surface area contributed by atoms with Gasteiger partial charge in [-0.2, -0.15) is 0 Å². The van der Waals surface area contributed by atoms with Gasteiger partial charge in [-0.25, -0.2) is 0 Å². The molecule has 0 radical (unpaired) electrons. The van der Waals surface area contributed by atoms with E-state index in [9.17, 15) is 9.59 Å². The quantitative estimate of drug-likeness (QED) is 0.846. The highest BCUT2D eigenvalue weighted by Gasteiger charge is 2.48. The number of nitrogens with one attached hydrogen (secondary N) is 1. The monoisotopic (exact) mass is 263 g/mol. The van der Waals surface area contributed by atoms with E-state index in [-0.39, 0.29) is 11.9 Å². The lowest BCUT2D eigenvalue weighted by Crippen LogP contribution is -2.29. The van der Waals surface area contributed by atoms with E-state index in [1.807, 2.05) is 31.2 Å². The fourth-order valence-corrected chi connectivity index (χ4v) is 2.18. The number of carboxylic acids is 1. The highest BCUT2D eigenvalue weighted by Crippen LogP contribution is 2.39. The van der Waals surface area contributed by atoms with Gasteiger partial charge in [-0.1, -0.05) is 18.2 Å². The van der Waals surface area contributed by atoms with Gasteiger partial charge in [0.2, 0.25) is 5.91 Å². The smallest absolute Gasteiger partial charge is 0.307 e. The number of rotatable bonds is 5. The van der Waals surface area contributed by atoms with Crippen LogP contribution in [0.4, 0.5) is 0 Å². The Balaban J connectivity index is 2.00. The SMILES string of the molecule is COc1ccccc1[C@@H](C)NC(=O)[C@@H]1C[C@@H]1C(=O)O. The average Bonchev–Trinajstić information content (AvgIpc) is 3.19. The summed E-state index contributed by atoms with van der Waals surface area (Å²) in [5, 5.41) is 11.6. The molecule has 5 nitrogen and oxygen atoms in total. The molecule has 3 atom stereocenters. The lowest BCUT2D eigenvalue weighted by molar-refractivity contribution is -0.140. The molecule has 0 aliphatic heterocycles. The summed E-state index contributed by atoms with van der Waals surface area (Å²) in [5.74, 6) is -1.31. The summed E-state index contributed by atoms with van der Waals surface area (Å²) in [6, 6.07) is 7.23. The normalized spacial score (nSPS) is 22.4. The second-order valence-corrected chi connectivity index (χ2v) is 4.76. The molecule has 1 aliphatic rings. The molecule has 1 aromatic carbocycles. The Morgan fingerprint density at radius 1 is 1.37 bits per heavy atom. The Hall–Kier alpha value is -2.04. The van der Waals surface area contributed by atoms with Crippen LogP contribution in [0, 0.1) is 11.8 Å². The first-order valence-corrected chi connectivity index (χ1v) is 6.20. The minimum atomic E-state index is -0.898. The molecule has 0 spiro atoms. The van der Waals surface area contributed by atoms with Gasteiger partial charge in [0.25, 0.3) is 0 Å². The first-order chi connectivity index (χ1) is 9.04. The zero-order chi connectivity index (χ0) is 14.0. The van der Waals surface area contributed by atoms with Crippen LogP contribution in [0.25, 0.3) is 0 Å². The van der Waals surface area contributed by atoms with Crippen molar-refractivity contribution in [1.29, 1.82) is 0 Å². The molecular formula is C14H17NO4. The number of hydrogen-bond donors (Lipinski definition) is 2. The Bertz CT molecular complexity index is 500. The van der Waals surface area contributed by atoms with E-state index < -0.39 is 17.8 Å². The van der Waals surface area contributed by atoms with Gasteiger partial charge in [0.15, 0.2) is 0 Å². The van der Waals surface area contributed by atoms with Crippen molar-refractivity contribution in [3.05, 3.63) is 29.8 Å². The van der Waals surface area contributed by atoms with E-state index in [1.165, 1.54) is 0 Å². The van der Waals surface area contributed by atoms with Gasteiger partial charge < -0.3 is 15.2 Å². The van der Waals surface area contributed by atoms with Crippen LogP contribution in [0.1, 0.15) is 24.9 Å². The van der Waals surface area contributed by atoms with Crippen LogP contribution in [-0.2, 0) is 9.59 Å². The summed E-state index contributed by atoms with van der Waals surface area (Å²) < 4.78 is 5.24. The third kappa shape index (κ3) is 2.86. The van der Waals surface area contributed by atoms with Crippen LogP contribution in [-0.4, -0.2) is 24.1 Å². The Kier molecular flexibility index (Phi) is 3.74. The van der Waals surface area contributed by atoms with Gasteiger partial charge in [0.05, 0.1) is 25.0 Å². The molecule has 102 valence electrons. The molecule has 1 saturated carbocycles. The maximum atomic E-state index is 11.9. The van der Waals surface area contributed by atoms with Crippen molar-refractivity contribution in [3.63, 3.8) is 0 Å². The number of carbonyl (C=O) groups is 2. The zero-order valence-corrected chi connectivity index (χ0v) is 10.9. The van der Waals surface area contributed by atoms with Crippen LogP contribution in [0.15, 0.2) is 24.3 Å². The summed E-state index contributed by atoms with van der Waals surface area (Å²) in [6.07, 6.45) is 0.430. The van der Waals surface area contributed by atoms with Gasteiger partial charge in [0, 0.05) is 5.56 Å². The third-order valence-corrected chi connectivity index (χ3v) is 3.41. The second kappa shape index (κ2) is 5.30. The van der Waals surface area contributed by atoms with Crippen LogP contribution in [0.2, 0.25) is 0 Å². The summed E-state index contributed by atoms with van der Waals surface area (Å²) >= 11 is 0. The van der Waals surface area contributed by atoms with Crippen LogP contribution in [0.5, 0.6) is 5.75 Å². The van der Waals surface area contributed by atoms with Crippen molar-refractivity contribution < 1.29 is 19.4 Å². The van der Waals surface area contributed by atoms with Gasteiger partial charge in [-0.05, 0) is 19.4 Å². The fraction of sp³-hybridized carbons (Fsp3) is 0.429. The highest BCUT2D eigenvalue weighted by atomic mass is 16.5. The Labute approximate surface area is 111 Å². The molecule has 2 N–H and O–H groups in total. The molecule has 0 aromatic heterocycles. The summed E-state index contributed by atoms with van der Waals surface area (Å²) in [4.78, 5) is 22.6. The van der Waals surface area contributed by atoms with E-state index in [0.29, 0.717) is 12.2 Å². The predicted molar refractivity (Wildman–Crippen MR) is 68.8 cm³/mol. The minimum Gasteiger partial charge on any atom is -0.496 e. The first kappa shape index (κ1) is 13.4. The van der Waals surface area contributed by atoms with Gasteiger partial charge >= 0.3 is 5.97 Å². The maximum Gasteiger partial charge on any atom is 0.307 e. The summed E-state index contributed by atoms with van der Waals surface area (Å²) in [6.45, 7) is 1.86. The molecule has 0 saturated heterocycles. The predicted octanol–water partition coefficient (Wildman–Crippen LogP) is 1.59. The van der Waals surface area contributed by atoms with Gasteiger partial charge in [-0.3, -0.25) is 9.59 Å². The zero-order valence-electron chi connectivity index (χ0n) is 10.9. The minimum absolute atomic E-state index is 0.203. The number of benzene rings is 1. The largest absolute Gasteiger partial charge is 0.496 e. The van der Waals surface area contributed by atoms with Crippen molar-refractivity contribution >= 4 is 11.9 Å². The second-order valence-electron chi connectivity index (χ2n) is 4.76. The lowest BCUT2D eigenvalue weighted by atomic mass is 10.1. The maximum absolute atomic E-state index is 11.9. The van der Waals surface area contributed by atoms with Gasteiger partial charge in [-0.15, -0.1) is 0 Å². The number of ether oxygens (including phenoxy) is 1. The van der Waals surface area contributed by atoms with E-state index in [4.69, 9.17) is 9.84 Å². The summed E-state index contributed by atoms with van der Waals surface area (Å²) in [5.41, 5.74) is 0.880. The van der Waals surface area contributed by atoms with E-state index in [2.05, 4.69) is 5.32 Å². The lowest BCUT2D eigenvalue weighted by Gasteiger charge is -2.17. The molecule has 0 unspecified atom stereocenters. The summed E-state index contributed by atoms with van der Waals surface area (Å²) in [7, 11) is 1.58. The van der Waals surface area contributed by atoms with Crippen molar-refractivity contribution in [1.82, 2.24) is 5.32 Å². The molecular weight excluding hydrogens is 246 g/mol. The number of aliphatic carboxylic acids is 1. The topological polar surface area (TPSA) is 75.6 Å².